The number of nitrogens with zero attached hydrogens (tertiary/aromatic N) is 4. The molecule has 13 nitrogen and oxygen atoms in total. The van der Waals surface area contributed by atoms with Gasteiger partial charge in [-0.1, -0.05) is 13.0 Å². The number of amidine groups is 1. The summed E-state index contributed by atoms with van der Waals surface area (Å²) in [6.45, 7) is 1.81. The summed E-state index contributed by atoms with van der Waals surface area (Å²) >= 11 is 0. The summed E-state index contributed by atoms with van der Waals surface area (Å²) in [7, 11) is -4.37. The molecule has 14 heteroatoms. The van der Waals surface area contributed by atoms with Crippen LogP contribution in [-0.2, 0) is 14.9 Å². The van der Waals surface area contributed by atoms with Crippen LogP contribution in [0.1, 0.15) is 23.7 Å². The van der Waals surface area contributed by atoms with Gasteiger partial charge in [0.2, 0.25) is 0 Å². The summed E-state index contributed by atoms with van der Waals surface area (Å²) in [5.41, 5.74) is 4.66. The summed E-state index contributed by atoms with van der Waals surface area (Å²) in [5, 5.41) is 10.8. The molecular formula is C20H17N5O8S. The summed E-state index contributed by atoms with van der Waals surface area (Å²) < 4.78 is 29.9. The standard InChI is InChI=1S/C20H17N5O8S/c1-2-10-24-19(27)16(17(21)23-20(24)28)22-18(26)12-6-8-15(9-7-12)34(31,32)33-14-5-3-4-13(11-14)25(29)30/h3-9,11H,2,10H2,1H3,(H2,21,23,28). The molecule has 0 saturated carbocycles. The molecule has 1 aliphatic rings. The van der Waals surface area contributed by atoms with Crippen molar-refractivity contribution in [1.82, 2.24) is 4.90 Å². The van der Waals surface area contributed by atoms with Crippen LogP contribution in [0.3, 0.4) is 0 Å². The normalized spacial score (nSPS) is 15.3. The van der Waals surface area contributed by atoms with Crippen LogP contribution in [0, 0.1) is 10.1 Å². The number of amides is 4. The number of rotatable bonds is 7. The van der Waals surface area contributed by atoms with Crippen LogP contribution in [0.4, 0.5) is 10.5 Å². The molecule has 1 aliphatic heterocycles. The van der Waals surface area contributed by atoms with E-state index >= 15 is 0 Å². The minimum Gasteiger partial charge on any atom is -0.382 e. The molecular weight excluding hydrogens is 470 g/mol. The highest BCUT2D eigenvalue weighted by Crippen LogP contribution is 2.23. The van der Waals surface area contributed by atoms with Crippen LogP contribution in [0.2, 0.25) is 0 Å². The van der Waals surface area contributed by atoms with E-state index in [9.17, 15) is 32.9 Å². The third kappa shape index (κ3) is 5.12. The maximum Gasteiger partial charge on any atom is 0.352 e. The number of urea groups is 1. The number of nitrogens with two attached hydrogens (primary N) is 1. The maximum absolute atomic E-state index is 12.5. The van der Waals surface area contributed by atoms with Gasteiger partial charge < -0.3 is 9.92 Å². The summed E-state index contributed by atoms with van der Waals surface area (Å²) in [6, 6.07) is 8.16. The Kier molecular flexibility index (Phi) is 6.81. The second kappa shape index (κ2) is 9.58. The van der Waals surface area contributed by atoms with Gasteiger partial charge in [-0.05, 0) is 36.8 Å². The number of imide groups is 1. The predicted octanol–water partition coefficient (Wildman–Crippen LogP) is 1.67. The highest BCUT2D eigenvalue weighted by molar-refractivity contribution is 7.87. The van der Waals surface area contributed by atoms with Crippen molar-refractivity contribution in [3.63, 3.8) is 0 Å². The van der Waals surface area contributed by atoms with Crippen molar-refractivity contribution in [3.05, 3.63) is 64.2 Å². The summed E-state index contributed by atoms with van der Waals surface area (Å²) in [5.74, 6) is -2.55. The SMILES string of the molecule is CCCN1C(=O)N=C(N)C(=NC(=O)c2ccc(S(=O)(=O)Oc3cccc([N+](=O)[O-])c3)cc2)C1=O. The monoisotopic (exact) mass is 487 g/mol. The minimum absolute atomic E-state index is 0.0682. The number of nitro groups is 1. The number of carbonyl (C=O) groups is 3. The van der Waals surface area contributed by atoms with E-state index in [4.69, 9.17) is 9.92 Å². The third-order valence-electron chi connectivity index (χ3n) is 4.42. The summed E-state index contributed by atoms with van der Waals surface area (Å²) in [4.78, 5) is 54.5. The fourth-order valence-corrected chi connectivity index (χ4v) is 3.74. The van der Waals surface area contributed by atoms with Crippen LogP contribution in [0.15, 0.2) is 63.4 Å². The van der Waals surface area contributed by atoms with Crippen molar-refractivity contribution in [2.24, 2.45) is 15.7 Å². The predicted molar refractivity (Wildman–Crippen MR) is 118 cm³/mol. The number of aliphatic imine (C=N–C) groups is 2. The minimum atomic E-state index is -4.37. The van der Waals surface area contributed by atoms with Crippen LogP contribution in [0.25, 0.3) is 0 Å². The Balaban J connectivity index is 1.82. The molecule has 0 radical (unpaired) electrons. The molecule has 4 amide bonds. The van der Waals surface area contributed by atoms with E-state index in [1.165, 1.54) is 18.2 Å². The molecule has 2 N–H and O–H groups in total. The van der Waals surface area contributed by atoms with E-state index in [1.807, 2.05) is 0 Å². The Bertz CT molecular complexity index is 1350. The first-order chi connectivity index (χ1) is 16.0. The topological polar surface area (TPSA) is 192 Å². The Morgan fingerprint density at radius 3 is 2.50 bits per heavy atom. The Morgan fingerprint density at radius 1 is 1.21 bits per heavy atom. The summed E-state index contributed by atoms with van der Waals surface area (Å²) in [6.07, 6.45) is 0.461. The van der Waals surface area contributed by atoms with Gasteiger partial charge in [-0.3, -0.25) is 24.6 Å². The van der Waals surface area contributed by atoms with Crippen molar-refractivity contribution in [2.45, 2.75) is 18.2 Å². The molecule has 176 valence electrons. The second-order valence-electron chi connectivity index (χ2n) is 6.82. The number of nitro benzene ring substituents is 1. The van der Waals surface area contributed by atoms with Crippen molar-refractivity contribution in [2.75, 3.05) is 6.54 Å². The van der Waals surface area contributed by atoms with Gasteiger partial charge in [-0.25, -0.2) is 4.79 Å². The highest BCUT2D eigenvalue weighted by Gasteiger charge is 2.33. The molecule has 0 atom stereocenters. The van der Waals surface area contributed by atoms with Crippen LogP contribution in [0.5, 0.6) is 5.75 Å². The Morgan fingerprint density at radius 2 is 1.88 bits per heavy atom. The largest absolute Gasteiger partial charge is 0.382 e. The lowest BCUT2D eigenvalue weighted by Gasteiger charge is -2.22. The highest BCUT2D eigenvalue weighted by atomic mass is 32.2. The van der Waals surface area contributed by atoms with Crippen molar-refractivity contribution < 1.29 is 31.9 Å². The average Bonchev–Trinajstić information content (AvgIpc) is 2.79. The smallest absolute Gasteiger partial charge is 0.352 e. The van der Waals surface area contributed by atoms with Crippen LogP contribution < -0.4 is 9.92 Å². The van der Waals surface area contributed by atoms with Crippen molar-refractivity contribution in [1.29, 1.82) is 0 Å². The van der Waals surface area contributed by atoms with Gasteiger partial charge in [0.1, 0.15) is 10.6 Å². The van der Waals surface area contributed by atoms with Crippen LogP contribution >= 0.6 is 0 Å². The van der Waals surface area contributed by atoms with Gasteiger partial charge in [0.05, 0.1) is 11.0 Å². The molecule has 0 aromatic heterocycles. The zero-order valence-electron chi connectivity index (χ0n) is 17.6. The molecule has 0 bridgehead atoms. The zero-order valence-corrected chi connectivity index (χ0v) is 18.4. The lowest BCUT2D eigenvalue weighted by molar-refractivity contribution is -0.384. The number of non-ortho nitro benzene ring substituents is 1. The van der Waals surface area contributed by atoms with Crippen molar-refractivity contribution >= 4 is 45.2 Å². The van der Waals surface area contributed by atoms with Gasteiger partial charge in [0.25, 0.3) is 17.5 Å². The number of benzene rings is 2. The molecule has 34 heavy (non-hydrogen) atoms. The first-order valence-electron chi connectivity index (χ1n) is 9.66. The third-order valence-corrected chi connectivity index (χ3v) is 5.68. The van der Waals surface area contributed by atoms with Gasteiger partial charge in [0.15, 0.2) is 11.5 Å². The second-order valence-corrected chi connectivity index (χ2v) is 8.36. The first kappa shape index (κ1) is 24.2. The van der Waals surface area contributed by atoms with Gasteiger partial charge in [-0.2, -0.15) is 18.4 Å². The molecule has 0 fully saturated rings. The molecule has 0 saturated heterocycles. The molecule has 2 aromatic carbocycles. The fourth-order valence-electron chi connectivity index (χ4n) is 2.82. The van der Waals surface area contributed by atoms with E-state index in [0.29, 0.717) is 6.42 Å². The maximum atomic E-state index is 12.5. The Labute approximate surface area is 192 Å². The number of hydrogen-bond acceptors (Lipinski definition) is 9. The molecule has 3 rings (SSSR count). The van der Waals surface area contributed by atoms with Crippen LogP contribution in [-0.4, -0.2) is 54.2 Å². The van der Waals surface area contributed by atoms with Gasteiger partial charge in [-0.15, -0.1) is 0 Å². The Hall–Kier alpha value is -4.46. The first-order valence-corrected chi connectivity index (χ1v) is 11.1. The van der Waals surface area contributed by atoms with Gasteiger partial charge in [0, 0.05) is 18.2 Å². The van der Waals surface area contributed by atoms with E-state index in [0.717, 1.165) is 35.2 Å². The van der Waals surface area contributed by atoms with Gasteiger partial charge >= 0.3 is 16.1 Å². The van der Waals surface area contributed by atoms with Crippen molar-refractivity contribution in [3.8, 4) is 5.75 Å². The van der Waals surface area contributed by atoms with E-state index in [2.05, 4.69) is 9.98 Å². The quantitative estimate of drug-likeness (QED) is 0.343. The van der Waals surface area contributed by atoms with E-state index in [1.54, 1.807) is 6.92 Å². The fraction of sp³-hybridized carbons (Fsp3) is 0.150. The lowest BCUT2D eigenvalue weighted by atomic mass is 10.2. The zero-order chi connectivity index (χ0) is 25.0. The molecule has 0 aliphatic carbocycles. The molecule has 2 aromatic rings. The lowest BCUT2D eigenvalue weighted by Crippen LogP contribution is -2.50. The number of hydrogen-bond donors (Lipinski definition) is 1. The van der Waals surface area contributed by atoms with E-state index < -0.39 is 44.4 Å². The van der Waals surface area contributed by atoms with E-state index in [-0.39, 0.29) is 28.4 Å². The average molecular weight is 487 g/mol. The molecule has 0 spiro atoms. The number of carbonyl (C=O) groups excluding carboxylic acids is 3. The molecule has 0 unspecified atom stereocenters. The molecule has 1 heterocycles.